The number of benzene rings is 1. The third-order valence-electron chi connectivity index (χ3n) is 2.64. The molecule has 0 saturated heterocycles. The molecule has 0 heterocycles. The van der Waals surface area contributed by atoms with Crippen LogP contribution in [0.3, 0.4) is 0 Å². The molecule has 1 unspecified atom stereocenters. The van der Waals surface area contributed by atoms with Gasteiger partial charge in [-0.2, -0.15) is 0 Å². The van der Waals surface area contributed by atoms with Crippen LogP contribution in [0.2, 0.25) is 0 Å². The fourth-order valence-corrected chi connectivity index (χ4v) is 2.25. The molecule has 4 N–H and O–H groups in total. The van der Waals surface area contributed by atoms with Crippen LogP contribution in [0.15, 0.2) is 18.2 Å². The Kier molecular flexibility index (Phi) is 5.98. The monoisotopic (exact) mass is 315 g/mol. The first-order chi connectivity index (χ1) is 9.77. The van der Waals surface area contributed by atoms with Crippen molar-refractivity contribution in [3.05, 3.63) is 18.2 Å². The Morgan fingerprint density at radius 1 is 1.43 bits per heavy atom. The number of carbonyl (C=O) groups excluding carboxylic acids is 1. The number of anilines is 2. The van der Waals surface area contributed by atoms with Crippen LogP contribution in [0.4, 0.5) is 11.4 Å². The topological polar surface area (TPSA) is 111 Å². The first kappa shape index (κ1) is 17.3. The second kappa shape index (κ2) is 7.28. The average Bonchev–Trinajstić information content (AvgIpc) is 2.39. The first-order valence-electron chi connectivity index (χ1n) is 6.51. The second-order valence-electron chi connectivity index (χ2n) is 4.65. The number of nitrogens with one attached hydrogen (secondary N) is 2. The molecule has 1 rings (SSSR count). The molecule has 0 spiro atoms. The molecule has 0 aliphatic carbocycles. The second-order valence-corrected chi connectivity index (χ2v) is 6.66. The van der Waals surface area contributed by atoms with Crippen molar-refractivity contribution in [3.8, 4) is 5.75 Å². The summed E-state index contributed by atoms with van der Waals surface area (Å²) in [5.74, 6) is 0.0720. The molecule has 0 saturated carbocycles. The highest BCUT2D eigenvalue weighted by Crippen LogP contribution is 2.28. The normalized spacial score (nSPS) is 12.6. The van der Waals surface area contributed by atoms with Crippen molar-refractivity contribution in [1.29, 1.82) is 0 Å². The number of methoxy groups -OCH3 is 1. The van der Waals surface area contributed by atoms with E-state index in [1.165, 1.54) is 20.1 Å². The summed E-state index contributed by atoms with van der Waals surface area (Å²) in [7, 11) is -1.97. The molecule has 1 atom stereocenters. The number of sulfonamides is 1. The molecule has 0 aliphatic heterocycles. The number of nitrogens with two attached hydrogens (primary N) is 1. The van der Waals surface area contributed by atoms with Crippen molar-refractivity contribution >= 4 is 27.3 Å². The number of hydrogen-bond donors (Lipinski definition) is 3. The minimum Gasteiger partial charge on any atom is -0.494 e. The fourth-order valence-electron chi connectivity index (χ4n) is 1.60. The summed E-state index contributed by atoms with van der Waals surface area (Å²) in [6, 6.07) is 4.44. The molecule has 1 aromatic carbocycles. The van der Waals surface area contributed by atoms with E-state index >= 15 is 0 Å². The standard InChI is InChI=1S/C13H21N3O4S/c1-4-21(18,19)16-11-6-5-10(8-12(11)20-3)15-13(17)7-9(2)14/h5-6,8-9,16H,4,7,14H2,1-3H3,(H,15,17). The Labute approximate surface area is 124 Å². The predicted molar refractivity (Wildman–Crippen MR) is 83.0 cm³/mol. The Balaban J connectivity index is 2.91. The summed E-state index contributed by atoms with van der Waals surface area (Å²) in [4.78, 5) is 11.6. The van der Waals surface area contributed by atoms with Gasteiger partial charge in [-0.15, -0.1) is 0 Å². The van der Waals surface area contributed by atoms with Gasteiger partial charge in [0.05, 0.1) is 18.6 Å². The highest BCUT2D eigenvalue weighted by molar-refractivity contribution is 7.92. The summed E-state index contributed by atoms with van der Waals surface area (Å²) >= 11 is 0. The summed E-state index contributed by atoms with van der Waals surface area (Å²) in [5, 5.41) is 2.68. The number of hydrogen-bond acceptors (Lipinski definition) is 5. The van der Waals surface area contributed by atoms with E-state index in [4.69, 9.17) is 10.5 Å². The zero-order valence-electron chi connectivity index (χ0n) is 12.3. The van der Waals surface area contributed by atoms with Crippen LogP contribution >= 0.6 is 0 Å². The molecule has 7 nitrogen and oxygen atoms in total. The third-order valence-corrected chi connectivity index (χ3v) is 3.93. The van der Waals surface area contributed by atoms with E-state index < -0.39 is 10.0 Å². The summed E-state index contributed by atoms with van der Waals surface area (Å²) in [5.41, 5.74) is 6.38. The Bertz CT molecular complexity index is 599. The number of ether oxygens (including phenoxy) is 1. The number of carbonyl (C=O) groups is 1. The molecule has 118 valence electrons. The number of amides is 1. The van der Waals surface area contributed by atoms with Crippen LogP contribution in [0.5, 0.6) is 5.75 Å². The van der Waals surface area contributed by atoms with Crippen LogP contribution in [0.1, 0.15) is 20.3 Å². The molecule has 0 radical (unpaired) electrons. The van der Waals surface area contributed by atoms with E-state index in [9.17, 15) is 13.2 Å². The zero-order chi connectivity index (χ0) is 16.0. The van der Waals surface area contributed by atoms with Gasteiger partial charge in [0.25, 0.3) is 0 Å². The highest BCUT2D eigenvalue weighted by atomic mass is 32.2. The minimum absolute atomic E-state index is 0.0387. The van der Waals surface area contributed by atoms with E-state index in [2.05, 4.69) is 10.0 Å². The van der Waals surface area contributed by atoms with Crippen LogP contribution in [0.25, 0.3) is 0 Å². The molecule has 0 aliphatic rings. The highest BCUT2D eigenvalue weighted by Gasteiger charge is 2.13. The van der Waals surface area contributed by atoms with Gasteiger partial charge in [0.15, 0.2) is 0 Å². The van der Waals surface area contributed by atoms with Gasteiger partial charge >= 0.3 is 0 Å². The smallest absolute Gasteiger partial charge is 0.232 e. The molecule has 1 amide bonds. The van der Waals surface area contributed by atoms with Gasteiger partial charge in [0, 0.05) is 24.2 Å². The molecule has 0 fully saturated rings. The van der Waals surface area contributed by atoms with Crippen molar-refractivity contribution in [2.45, 2.75) is 26.3 Å². The lowest BCUT2D eigenvalue weighted by molar-refractivity contribution is -0.116. The summed E-state index contributed by atoms with van der Waals surface area (Å²) in [6.45, 7) is 3.28. The third kappa shape index (κ3) is 5.60. The molecule has 8 heteroatoms. The van der Waals surface area contributed by atoms with Gasteiger partial charge in [-0.3, -0.25) is 9.52 Å². The molecule has 0 bridgehead atoms. The Morgan fingerprint density at radius 2 is 2.10 bits per heavy atom. The van der Waals surface area contributed by atoms with Crippen molar-refractivity contribution in [2.75, 3.05) is 22.9 Å². The Hall–Kier alpha value is -1.80. The van der Waals surface area contributed by atoms with Gasteiger partial charge < -0.3 is 15.8 Å². The maximum atomic E-state index is 11.6. The number of rotatable bonds is 7. The van der Waals surface area contributed by atoms with Gasteiger partial charge in [-0.25, -0.2) is 8.42 Å². The van der Waals surface area contributed by atoms with E-state index in [0.717, 1.165) is 0 Å². The largest absolute Gasteiger partial charge is 0.494 e. The van der Waals surface area contributed by atoms with Gasteiger partial charge in [-0.05, 0) is 26.0 Å². The summed E-state index contributed by atoms with van der Waals surface area (Å²) in [6.07, 6.45) is 0.201. The van der Waals surface area contributed by atoms with E-state index in [1.54, 1.807) is 19.1 Å². The van der Waals surface area contributed by atoms with E-state index in [-0.39, 0.29) is 24.1 Å². The summed E-state index contributed by atoms with van der Waals surface area (Å²) < 4.78 is 30.7. The zero-order valence-corrected chi connectivity index (χ0v) is 13.2. The maximum Gasteiger partial charge on any atom is 0.232 e. The van der Waals surface area contributed by atoms with Gasteiger partial charge in [-0.1, -0.05) is 0 Å². The van der Waals surface area contributed by atoms with E-state index in [0.29, 0.717) is 17.1 Å². The molecule has 21 heavy (non-hydrogen) atoms. The predicted octanol–water partition coefficient (Wildman–Crippen LogP) is 1.13. The van der Waals surface area contributed by atoms with Crippen molar-refractivity contribution < 1.29 is 17.9 Å². The lowest BCUT2D eigenvalue weighted by Crippen LogP contribution is -2.24. The van der Waals surface area contributed by atoms with Crippen molar-refractivity contribution in [1.82, 2.24) is 0 Å². The van der Waals surface area contributed by atoms with Gasteiger partial charge in [0.2, 0.25) is 15.9 Å². The molecule has 1 aromatic rings. The molecular formula is C13H21N3O4S. The fraction of sp³-hybridized carbons (Fsp3) is 0.462. The lowest BCUT2D eigenvalue weighted by Gasteiger charge is -2.13. The SMILES string of the molecule is CCS(=O)(=O)Nc1ccc(NC(=O)CC(C)N)cc1OC. The van der Waals surface area contributed by atoms with Crippen LogP contribution in [-0.2, 0) is 14.8 Å². The van der Waals surface area contributed by atoms with Gasteiger partial charge in [0.1, 0.15) is 5.75 Å². The Morgan fingerprint density at radius 3 is 2.62 bits per heavy atom. The molecule has 0 aromatic heterocycles. The average molecular weight is 315 g/mol. The van der Waals surface area contributed by atoms with Crippen molar-refractivity contribution in [2.24, 2.45) is 5.73 Å². The molecular weight excluding hydrogens is 294 g/mol. The maximum absolute atomic E-state index is 11.6. The van der Waals surface area contributed by atoms with Crippen LogP contribution in [0, 0.1) is 0 Å². The quantitative estimate of drug-likeness (QED) is 0.698. The van der Waals surface area contributed by atoms with Crippen molar-refractivity contribution in [3.63, 3.8) is 0 Å². The lowest BCUT2D eigenvalue weighted by atomic mass is 10.2. The van der Waals surface area contributed by atoms with E-state index in [1.807, 2.05) is 0 Å². The van der Waals surface area contributed by atoms with Crippen LogP contribution < -0.4 is 20.5 Å². The van der Waals surface area contributed by atoms with Crippen LogP contribution in [-0.4, -0.2) is 33.2 Å². The minimum atomic E-state index is -3.39. The first-order valence-corrected chi connectivity index (χ1v) is 8.16.